The van der Waals surface area contributed by atoms with E-state index in [0.717, 1.165) is 31.4 Å². The van der Waals surface area contributed by atoms with E-state index in [9.17, 15) is 5.11 Å². The van der Waals surface area contributed by atoms with Crippen molar-refractivity contribution in [3.05, 3.63) is 33.8 Å². The summed E-state index contributed by atoms with van der Waals surface area (Å²) in [6.45, 7) is 3.29. The van der Waals surface area contributed by atoms with Crippen molar-refractivity contribution >= 4 is 23.2 Å². The molecule has 0 spiro atoms. The average Bonchev–Trinajstić information content (AvgIpc) is 2.93. The van der Waals surface area contributed by atoms with Gasteiger partial charge in [-0.3, -0.25) is 0 Å². The molecule has 0 aromatic heterocycles. The van der Waals surface area contributed by atoms with Crippen LogP contribution in [0.1, 0.15) is 50.6 Å². The summed E-state index contributed by atoms with van der Waals surface area (Å²) in [6, 6.07) is 6.07. The second kappa shape index (κ2) is 7.13. The van der Waals surface area contributed by atoms with Crippen LogP contribution in [0.3, 0.4) is 0 Å². The molecule has 0 amide bonds. The van der Waals surface area contributed by atoms with Crippen LogP contribution in [-0.2, 0) is 0 Å². The molecule has 2 N–H and O–H groups in total. The van der Waals surface area contributed by atoms with E-state index >= 15 is 0 Å². The molecule has 0 bridgehead atoms. The number of hydrogen-bond acceptors (Lipinski definition) is 2. The maximum absolute atomic E-state index is 9.67. The third-order valence-electron chi connectivity index (χ3n) is 4.48. The van der Waals surface area contributed by atoms with E-state index in [0.29, 0.717) is 10.0 Å². The molecule has 0 saturated heterocycles. The summed E-state index contributed by atoms with van der Waals surface area (Å²) in [5.41, 5.74) is 1.23. The Hall–Kier alpha value is -0.280. The van der Waals surface area contributed by atoms with Gasteiger partial charge in [-0.2, -0.15) is 0 Å². The van der Waals surface area contributed by atoms with Crippen molar-refractivity contribution in [2.24, 2.45) is 5.41 Å². The van der Waals surface area contributed by atoms with Crippen LogP contribution in [-0.4, -0.2) is 18.3 Å². The average molecular weight is 316 g/mol. The van der Waals surface area contributed by atoms with E-state index < -0.39 is 0 Å². The maximum Gasteiger partial charge on any atom is 0.0595 e. The van der Waals surface area contributed by atoms with Crippen molar-refractivity contribution in [3.8, 4) is 0 Å². The summed E-state index contributed by atoms with van der Waals surface area (Å²) in [6.07, 6.45) is 5.68. The molecule has 0 heterocycles. The summed E-state index contributed by atoms with van der Waals surface area (Å²) >= 11 is 12.1. The lowest BCUT2D eigenvalue weighted by Gasteiger charge is -2.29. The molecule has 2 nitrogen and oxygen atoms in total. The summed E-state index contributed by atoms with van der Waals surface area (Å²) in [5, 5.41) is 14.5. The van der Waals surface area contributed by atoms with E-state index in [1.54, 1.807) is 0 Å². The predicted molar refractivity (Wildman–Crippen MR) is 85.5 cm³/mol. The fourth-order valence-electron chi connectivity index (χ4n) is 3.08. The molecule has 0 radical (unpaired) electrons. The van der Waals surface area contributed by atoms with Crippen molar-refractivity contribution < 1.29 is 5.11 Å². The van der Waals surface area contributed by atoms with Crippen molar-refractivity contribution in [3.63, 3.8) is 0 Å². The fourth-order valence-corrected chi connectivity index (χ4v) is 3.39. The van der Waals surface area contributed by atoms with Gasteiger partial charge in [0.25, 0.3) is 0 Å². The molecule has 20 heavy (non-hydrogen) atoms. The minimum atomic E-state index is 0.0731. The van der Waals surface area contributed by atoms with Gasteiger partial charge in [-0.05, 0) is 37.0 Å². The largest absolute Gasteiger partial charge is 0.396 e. The van der Waals surface area contributed by atoms with Crippen LogP contribution in [0.25, 0.3) is 0 Å². The number of benzene rings is 1. The summed E-state index contributed by atoms with van der Waals surface area (Å²) in [7, 11) is 0. The normalized spacial score (nSPS) is 19.2. The molecule has 1 aliphatic carbocycles. The molecular weight excluding hydrogens is 293 g/mol. The number of rotatable bonds is 6. The van der Waals surface area contributed by atoms with Crippen LogP contribution in [0.4, 0.5) is 0 Å². The second-order valence-corrected chi connectivity index (χ2v) is 6.69. The van der Waals surface area contributed by atoms with Gasteiger partial charge in [-0.25, -0.2) is 0 Å². The summed E-state index contributed by atoms with van der Waals surface area (Å²) in [4.78, 5) is 0. The summed E-state index contributed by atoms with van der Waals surface area (Å²) < 4.78 is 0. The van der Waals surface area contributed by atoms with Gasteiger partial charge in [-0.15, -0.1) is 0 Å². The Morgan fingerprint density at radius 2 is 1.95 bits per heavy atom. The highest BCUT2D eigenvalue weighted by Gasteiger charge is 2.33. The van der Waals surface area contributed by atoms with Gasteiger partial charge in [0.15, 0.2) is 0 Å². The molecule has 1 aromatic rings. The van der Waals surface area contributed by atoms with Crippen LogP contribution in [0.2, 0.25) is 10.0 Å². The molecule has 2 rings (SSSR count). The first-order valence-electron chi connectivity index (χ1n) is 7.39. The monoisotopic (exact) mass is 315 g/mol. The Kier molecular flexibility index (Phi) is 5.74. The number of hydrogen-bond donors (Lipinski definition) is 2. The lowest BCUT2D eigenvalue weighted by Crippen LogP contribution is -2.37. The van der Waals surface area contributed by atoms with E-state index in [1.807, 2.05) is 18.2 Å². The molecule has 1 unspecified atom stereocenters. The molecule has 1 atom stereocenters. The topological polar surface area (TPSA) is 32.3 Å². The Morgan fingerprint density at radius 3 is 2.50 bits per heavy atom. The zero-order valence-electron chi connectivity index (χ0n) is 12.0. The van der Waals surface area contributed by atoms with E-state index in [2.05, 4.69) is 12.2 Å². The fraction of sp³-hybridized carbons (Fsp3) is 0.625. The van der Waals surface area contributed by atoms with Crippen LogP contribution in [0.5, 0.6) is 0 Å². The number of aliphatic hydroxyl groups excluding tert-OH is 1. The van der Waals surface area contributed by atoms with Crippen molar-refractivity contribution in [1.82, 2.24) is 5.32 Å². The highest BCUT2D eigenvalue weighted by atomic mass is 35.5. The Bertz CT molecular complexity index is 444. The van der Waals surface area contributed by atoms with Gasteiger partial charge in [-0.1, -0.05) is 49.0 Å². The lowest BCUT2D eigenvalue weighted by atomic mass is 9.86. The maximum atomic E-state index is 9.67. The van der Waals surface area contributed by atoms with Crippen LogP contribution in [0.15, 0.2) is 18.2 Å². The zero-order valence-corrected chi connectivity index (χ0v) is 13.5. The molecule has 1 aromatic carbocycles. The number of nitrogens with one attached hydrogen (secondary N) is 1. The van der Waals surface area contributed by atoms with Crippen molar-refractivity contribution in [1.29, 1.82) is 0 Å². The molecule has 1 fully saturated rings. The van der Waals surface area contributed by atoms with Gasteiger partial charge >= 0.3 is 0 Å². The van der Waals surface area contributed by atoms with E-state index in [1.165, 1.54) is 12.8 Å². The van der Waals surface area contributed by atoms with Gasteiger partial charge < -0.3 is 10.4 Å². The first-order chi connectivity index (χ1) is 9.60. The predicted octanol–water partition coefficient (Wildman–Crippen LogP) is 4.59. The molecule has 112 valence electrons. The Balaban J connectivity index is 2.03. The van der Waals surface area contributed by atoms with Crippen LogP contribution >= 0.6 is 23.2 Å². The van der Waals surface area contributed by atoms with Gasteiger partial charge in [0, 0.05) is 24.6 Å². The summed E-state index contributed by atoms with van der Waals surface area (Å²) in [5.74, 6) is 0. The standard InChI is InChI=1S/C16H23Cl2NO/c1-2-15(12-5-6-13(17)14(18)9-12)19-10-16(11-20)7-3-4-8-16/h5-6,9,15,19-20H,2-4,7-8,10-11H2,1H3. The lowest BCUT2D eigenvalue weighted by molar-refractivity contribution is 0.124. The molecule has 1 saturated carbocycles. The van der Waals surface area contributed by atoms with Crippen LogP contribution in [0, 0.1) is 5.41 Å². The smallest absolute Gasteiger partial charge is 0.0595 e. The van der Waals surface area contributed by atoms with Crippen molar-refractivity contribution in [2.45, 2.75) is 45.1 Å². The third kappa shape index (κ3) is 3.67. The number of halogens is 2. The van der Waals surface area contributed by atoms with Gasteiger partial charge in [0.05, 0.1) is 10.0 Å². The highest BCUT2D eigenvalue weighted by molar-refractivity contribution is 6.42. The highest BCUT2D eigenvalue weighted by Crippen LogP contribution is 2.37. The minimum Gasteiger partial charge on any atom is -0.396 e. The molecule has 4 heteroatoms. The van der Waals surface area contributed by atoms with Gasteiger partial charge in [0.1, 0.15) is 0 Å². The van der Waals surface area contributed by atoms with Gasteiger partial charge in [0.2, 0.25) is 0 Å². The van der Waals surface area contributed by atoms with Crippen molar-refractivity contribution in [2.75, 3.05) is 13.2 Å². The van der Waals surface area contributed by atoms with Crippen LogP contribution < -0.4 is 5.32 Å². The minimum absolute atomic E-state index is 0.0731. The zero-order chi connectivity index (χ0) is 14.6. The first-order valence-corrected chi connectivity index (χ1v) is 8.15. The Labute approximate surface area is 131 Å². The molecule has 0 aliphatic heterocycles. The van der Waals surface area contributed by atoms with E-state index in [4.69, 9.17) is 23.2 Å². The SMILES string of the molecule is CCC(NCC1(CO)CCCC1)c1ccc(Cl)c(Cl)c1. The second-order valence-electron chi connectivity index (χ2n) is 5.88. The quantitative estimate of drug-likeness (QED) is 0.805. The van der Waals surface area contributed by atoms with E-state index in [-0.39, 0.29) is 18.1 Å². The molecule has 1 aliphatic rings. The molecular formula is C16H23Cl2NO. The number of aliphatic hydroxyl groups is 1. The first kappa shape index (κ1) is 16.1. The Morgan fingerprint density at radius 1 is 1.25 bits per heavy atom. The third-order valence-corrected chi connectivity index (χ3v) is 5.22.